The summed E-state index contributed by atoms with van der Waals surface area (Å²) in [4.78, 5) is 1.82. The van der Waals surface area contributed by atoms with Gasteiger partial charge in [0.05, 0.1) is 17.3 Å². The standard InChI is InChI=1S/C17H18FN3/c1-12(20)15-6-7-17(16(18)9-15)21(2)11-14-5-3-4-13(8-14)10-19/h3-9,12H,11,20H2,1-2H3. The lowest BCUT2D eigenvalue weighted by molar-refractivity contribution is 0.617. The number of benzene rings is 2. The van der Waals surface area contributed by atoms with Gasteiger partial charge in [-0.2, -0.15) is 5.26 Å². The summed E-state index contributed by atoms with van der Waals surface area (Å²) < 4.78 is 14.2. The predicted octanol–water partition coefficient (Wildman–Crippen LogP) is 3.35. The van der Waals surface area contributed by atoms with E-state index in [1.807, 2.05) is 43.1 Å². The van der Waals surface area contributed by atoms with Crippen LogP contribution in [0.4, 0.5) is 10.1 Å². The van der Waals surface area contributed by atoms with Gasteiger partial charge in [-0.25, -0.2) is 4.39 Å². The number of halogens is 1. The van der Waals surface area contributed by atoms with Crippen molar-refractivity contribution in [1.29, 1.82) is 5.26 Å². The van der Waals surface area contributed by atoms with Gasteiger partial charge < -0.3 is 10.6 Å². The van der Waals surface area contributed by atoms with Crippen LogP contribution >= 0.6 is 0 Å². The van der Waals surface area contributed by atoms with Crippen LogP contribution in [0.15, 0.2) is 42.5 Å². The first-order chi connectivity index (χ1) is 10.0. The maximum absolute atomic E-state index is 14.2. The molecule has 0 radical (unpaired) electrons. The lowest BCUT2D eigenvalue weighted by atomic mass is 10.1. The van der Waals surface area contributed by atoms with Gasteiger partial charge in [0, 0.05) is 19.6 Å². The monoisotopic (exact) mass is 283 g/mol. The molecule has 2 aromatic rings. The lowest BCUT2D eigenvalue weighted by Crippen LogP contribution is -2.18. The predicted molar refractivity (Wildman–Crippen MR) is 82.3 cm³/mol. The van der Waals surface area contributed by atoms with Crippen molar-refractivity contribution in [2.75, 3.05) is 11.9 Å². The zero-order chi connectivity index (χ0) is 15.4. The lowest BCUT2D eigenvalue weighted by Gasteiger charge is -2.21. The maximum atomic E-state index is 14.2. The molecule has 0 bridgehead atoms. The fraction of sp³-hybridized carbons (Fsp3) is 0.235. The van der Waals surface area contributed by atoms with Gasteiger partial charge in [-0.05, 0) is 42.3 Å². The van der Waals surface area contributed by atoms with Crippen LogP contribution in [0.2, 0.25) is 0 Å². The largest absolute Gasteiger partial charge is 0.368 e. The van der Waals surface area contributed by atoms with Gasteiger partial charge in [0.25, 0.3) is 0 Å². The molecule has 2 aromatic carbocycles. The van der Waals surface area contributed by atoms with E-state index in [0.717, 1.165) is 11.1 Å². The summed E-state index contributed by atoms with van der Waals surface area (Å²) in [5.74, 6) is -0.288. The highest BCUT2D eigenvalue weighted by Gasteiger charge is 2.10. The van der Waals surface area contributed by atoms with Crippen LogP contribution < -0.4 is 10.6 Å². The topological polar surface area (TPSA) is 53.0 Å². The van der Waals surface area contributed by atoms with Crippen molar-refractivity contribution in [2.24, 2.45) is 5.73 Å². The van der Waals surface area contributed by atoms with E-state index in [4.69, 9.17) is 11.0 Å². The number of rotatable bonds is 4. The van der Waals surface area contributed by atoms with Crippen molar-refractivity contribution < 1.29 is 4.39 Å². The number of nitrogens with zero attached hydrogens (tertiary/aromatic N) is 2. The number of nitrogens with two attached hydrogens (primary N) is 1. The molecule has 0 saturated carbocycles. The first-order valence-electron chi connectivity index (χ1n) is 6.76. The van der Waals surface area contributed by atoms with Crippen molar-refractivity contribution in [2.45, 2.75) is 19.5 Å². The van der Waals surface area contributed by atoms with Gasteiger partial charge in [-0.3, -0.25) is 0 Å². The van der Waals surface area contributed by atoms with Crippen LogP contribution in [0.3, 0.4) is 0 Å². The first-order valence-corrected chi connectivity index (χ1v) is 6.76. The SMILES string of the molecule is CC(N)c1ccc(N(C)Cc2cccc(C#N)c2)c(F)c1. The fourth-order valence-electron chi connectivity index (χ4n) is 2.21. The van der Waals surface area contributed by atoms with E-state index in [2.05, 4.69) is 6.07 Å². The first kappa shape index (κ1) is 15.0. The second kappa shape index (κ2) is 6.38. The number of anilines is 1. The average Bonchev–Trinajstić information content (AvgIpc) is 2.47. The normalized spacial score (nSPS) is 11.8. The highest BCUT2D eigenvalue weighted by molar-refractivity contribution is 5.49. The molecule has 0 spiro atoms. The van der Waals surface area contributed by atoms with Crippen LogP contribution in [-0.4, -0.2) is 7.05 Å². The van der Waals surface area contributed by atoms with Gasteiger partial charge in [-0.15, -0.1) is 0 Å². The molecule has 0 amide bonds. The molecule has 0 aliphatic carbocycles. The van der Waals surface area contributed by atoms with E-state index < -0.39 is 0 Å². The molecule has 0 aliphatic rings. The highest BCUT2D eigenvalue weighted by Crippen LogP contribution is 2.23. The summed E-state index contributed by atoms with van der Waals surface area (Å²) in [5, 5.41) is 8.90. The van der Waals surface area contributed by atoms with Crippen LogP contribution in [0.5, 0.6) is 0 Å². The molecule has 0 aliphatic heterocycles. The molecule has 21 heavy (non-hydrogen) atoms. The minimum Gasteiger partial charge on any atom is -0.368 e. The Balaban J connectivity index is 2.20. The van der Waals surface area contributed by atoms with E-state index in [9.17, 15) is 4.39 Å². The second-order valence-electron chi connectivity index (χ2n) is 5.17. The quantitative estimate of drug-likeness (QED) is 0.936. The second-order valence-corrected chi connectivity index (χ2v) is 5.17. The smallest absolute Gasteiger partial charge is 0.146 e. The number of nitriles is 1. The maximum Gasteiger partial charge on any atom is 0.146 e. The van der Waals surface area contributed by atoms with Crippen molar-refractivity contribution in [3.63, 3.8) is 0 Å². The van der Waals surface area contributed by atoms with Crippen molar-refractivity contribution >= 4 is 5.69 Å². The molecule has 0 heterocycles. The Hall–Kier alpha value is -2.38. The van der Waals surface area contributed by atoms with Crippen LogP contribution in [0.25, 0.3) is 0 Å². The Morgan fingerprint density at radius 3 is 2.67 bits per heavy atom. The Morgan fingerprint density at radius 1 is 1.29 bits per heavy atom. The third-order valence-corrected chi connectivity index (χ3v) is 3.38. The summed E-state index contributed by atoms with van der Waals surface area (Å²) in [6.07, 6.45) is 0. The van der Waals surface area contributed by atoms with Crippen LogP contribution in [-0.2, 0) is 6.54 Å². The number of hydrogen-bond acceptors (Lipinski definition) is 3. The molecule has 4 heteroatoms. The Bertz CT molecular complexity index is 674. The van der Waals surface area contributed by atoms with E-state index in [1.165, 1.54) is 6.07 Å². The minimum atomic E-state index is -0.288. The zero-order valence-corrected chi connectivity index (χ0v) is 12.2. The molecule has 0 fully saturated rings. The summed E-state index contributed by atoms with van der Waals surface area (Å²) >= 11 is 0. The molecule has 1 unspecified atom stereocenters. The van der Waals surface area contributed by atoms with E-state index in [0.29, 0.717) is 17.8 Å². The summed E-state index contributed by atoms with van der Waals surface area (Å²) in [7, 11) is 1.82. The molecule has 3 nitrogen and oxygen atoms in total. The van der Waals surface area contributed by atoms with E-state index in [-0.39, 0.29) is 11.9 Å². The summed E-state index contributed by atoms with van der Waals surface area (Å²) in [6.45, 7) is 2.36. The zero-order valence-electron chi connectivity index (χ0n) is 12.2. The fourth-order valence-corrected chi connectivity index (χ4v) is 2.21. The molecule has 0 saturated heterocycles. The van der Waals surface area contributed by atoms with E-state index >= 15 is 0 Å². The van der Waals surface area contributed by atoms with Crippen LogP contribution in [0, 0.1) is 17.1 Å². The average molecular weight is 283 g/mol. The Kier molecular flexibility index (Phi) is 4.56. The highest BCUT2D eigenvalue weighted by atomic mass is 19.1. The summed E-state index contributed by atoms with van der Waals surface area (Å²) in [5.41, 5.74) is 8.61. The molecular weight excluding hydrogens is 265 g/mol. The van der Waals surface area contributed by atoms with Gasteiger partial charge in [0.1, 0.15) is 5.82 Å². The van der Waals surface area contributed by atoms with Gasteiger partial charge >= 0.3 is 0 Å². The molecule has 2 rings (SSSR count). The Labute approximate surface area is 124 Å². The molecule has 0 aromatic heterocycles. The minimum absolute atomic E-state index is 0.189. The van der Waals surface area contributed by atoms with Crippen molar-refractivity contribution in [3.05, 3.63) is 65.0 Å². The third kappa shape index (κ3) is 3.59. The van der Waals surface area contributed by atoms with E-state index in [1.54, 1.807) is 12.1 Å². The molecule has 108 valence electrons. The summed E-state index contributed by atoms with van der Waals surface area (Å²) in [6, 6.07) is 14.3. The van der Waals surface area contributed by atoms with Crippen molar-refractivity contribution in [3.8, 4) is 6.07 Å². The molecule has 1 atom stereocenters. The molecular formula is C17H18FN3. The molecule has 2 N–H and O–H groups in total. The third-order valence-electron chi connectivity index (χ3n) is 3.38. The van der Waals surface area contributed by atoms with Crippen molar-refractivity contribution in [1.82, 2.24) is 0 Å². The number of hydrogen-bond donors (Lipinski definition) is 1. The van der Waals surface area contributed by atoms with Gasteiger partial charge in [-0.1, -0.05) is 18.2 Å². The van der Waals surface area contributed by atoms with Crippen LogP contribution in [0.1, 0.15) is 29.7 Å². The van der Waals surface area contributed by atoms with Gasteiger partial charge in [0.15, 0.2) is 0 Å². The van der Waals surface area contributed by atoms with Gasteiger partial charge in [0.2, 0.25) is 0 Å². The Morgan fingerprint density at radius 2 is 2.05 bits per heavy atom.